The van der Waals surface area contributed by atoms with Crippen molar-refractivity contribution in [3.05, 3.63) is 95.6 Å². The lowest BCUT2D eigenvalue weighted by Gasteiger charge is -2.28. The fraction of sp³-hybridized carbons (Fsp3) is 0.250. The minimum atomic E-state index is -3.89. The normalized spacial score (nSPS) is 14.1. The summed E-state index contributed by atoms with van der Waals surface area (Å²) in [6, 6.07) is 20.5. The lowest BCUT2D eigenvalue weighted by molar-refractivity contribution is 0.444. The van der Waals surface area contributed by atoms with E-state index in [1.54, 1.807) is 60.7 Å². The number of hydrogen-bond acceptors (Lipinski definition) is 4. The molecule has 0 aromatic heterocycles. The van der Waals surface area contributed by atoms with Gasteiger partial charge in [0.25, 0.3) is 0 Å². The van der Waals surface area contributed by atoms with Crippen LogP contribution in [-0.2, 0) is 20.0 Å². The molecule has 3 aromatic carbocycles. The molecule has 0 aliphatic heterocycles. The van der Waals surface area contributed by atoms with Crippen LogP contribution in [0.15, 0.2) is 88.7 Å². The molecule has 3 rings (SSSR count). The summed E-state index contributed by atoms with van der Waals surface area (Å²) in [4.78, 5) is 0.259. The molecule has 0 spiro atoms. The summed E-state index contributed by atoms with van der Waals surface area (Å²) >= 11 is 0. The average Bonchev–Trinajstić information content (AvgIpc) is 2.77. The largest absolute Gasteiger partial charge is 0.241 e. The summed E-state index contributed by atoms with van der Waals surface area (Å²) in [6.07, 6.45) is 0.376. The molecule has 8 heteroatoms. The van der Waals surface area contributed by atoms with E-state index in [4.69, 9.17) is 0 Å². The molecule has 170 valence electrons. The Balaban J connectivity index is 1.97. The summed E-state index contributed by atoms with van der Waals surface area (Å²) in [5.41, 5.74) is 2.56. The SMILES string of the molecule is CC[C@H](NS(=O)(=O)c1ccc(C)cc1)[C@H](NS(=O)(=O)c1ccc(C)cc1)c1ccccc1. The first-order valence-corrected chi connectivity index (χ1v) is 13.3. The highest BCUT2D eigenvalue weighted by atomic mass is 32.2. The van der Waals surface area contributed by atoms with Crippen molar-refractivity contribution >= 4 is 20.0 Å². The molecule has 0 bridgehead atoms. The zero-order valence-corrected chi connectivity index (χ0v) is 19.9. The van der Waals surface area contributed by atoms with Gasteiger partial charge < -0.3 is 0 Å². The van der Waals surface area contributed by atoms with Crippen LogP contribution in [0.4, 0.5) is 0 Å². The van der Waals surface area contributed by atoms with Gasteiger partial charge in [-0.1, -0.05) is 72.6 Å². The summed E-state index contributed by atoms with van der Waals surface area (Å²) in [7, 11) is -7.74. The van der Waals surface area contributed by atoms with Crippen molar-refractivity contribution in [3.63, 3.8) is 0 Å². The Hall–Kier alpha value is -2.52. The topological polar surface area (TPSA) is 92.3 Å². The lowest BCUT2D eigenvalue weighted by Crippen LogP contribution is -2.45. The third-order valence-corrected chi connectivity index (χ3v) is 8.21. The van der Waals surface area contributed by atoms with Gasteiger partial charge in [-0.15, -0.1) is 0 Å². The van der Waals surface area contributed by atoms with Crippen LogP contribution in [-0.4, -0.2) is 22.9 Å². The van der Waals surface area contributed by atoms with Crippen LogP contribution >= 0.6 is 0 Å². The van der Waals surface area contributed by atoms with E-state index in [1.165, 1.54) is 12.1 Å². The molecule has 0 saturated carbocycles. The van der Waals surface area contributed by atoms with Gasteiger partial charge in [0.05, 0.1) is 15.8 Å². The molecule has 0 saturated heterocycles. The van der Waals surface area contributed by atoms with E-state index in [1.807, 2.05) is 26.8 Å². The Morgan fingerprint density at radius 3 is 1.53 bits per heavy atom. The minimum Gasteiger partial charge on any atom is -0.207 e. The third-order valence-electron chi connectivity index (χ3n) is 5.25. The van der Waals surface area contributed by atoms with Gasteiger partial charge in [-0.3, -0.25) is 0 Å². The highest BCUT2D eigenvalue weighted by Gasteiger charge is 2.31. The van der Waals surface area contributed by atoms with Crippen molar-refractivity contribution in [1.82, 2.24) is 9.44 Å². The molecule has 0 fully saturated rings. The second-order valence-electron chi connectivity index (χ2n) is 7.77. The predicted octanol–water partition coefficient (Wildman–Crippen LogP) is 4.08. The quantitative estimate of drug-likeness (QED) is 0.491. The maximum Gasteiger partial charge on any atom is 0.241 e. The van der Waals surface area contributed by atoms with Crippen molar-refractivity contribution in [1.29, 1.82) is 0 Å². The maximum atomic E-state index is 13.1. The molecule has 2 atom stereocenters. The molecule has 2 N–H and O–H groups in total. The van der Waals surface area contributed by atoms with Gasteiger partial charge in [0.2, 0.25) is 20.0 Å². The zero-order chi connectivity index (χ0) is 23.4. The molecule has 0 aliphatic carbocycles. The minimum absolute atomic E-state index is 0.125. The van der Waals surface area contributed by atoms with E-state index in [2.05, 4.69) is 9.44 Å². The van der Waals surface area contributed by atoms with Crippen molar-refractivity contribution in [2.45, 2.75) is 49.1 Å². The van der Waals surface area contributed by atoms with Gasteiger partial charge >= 0.3 is 0 Å². The zero-order valence-electron chi connectivity index (χ0n) is 18.3. The predicted molar refractivity (Wildman–Crippen MR) is 126 cm³/mol. The van der Waals surface area contributed by atoms with Crippen LogP contribution < -0.4 is 9.44 Å². The van der Waals surface area contributed by atoms with Crippen molar-refractivity contribution in [3.8, 4) is 0 Å². The van der Waals surface area contributed by atoms with Crippen molar-refractivity contribution < 1.29 is 16.8 Å². The first kappa shape index (κ1) is 24.1. The van der Waals surface area contributed by atoms with Gasteiger partial charge in [-0.05, 0) is 50.1 Å². The monoisotopic (exact) mass is 472 g/mol. The van der Waals surface area contributed by atoms with E-state index in [0.717, 1.165) is 11.1 Å². The summed E-state index contributed by atoms with van der Waals surface area (Å²) in [5, 5.41) is 0. The smallest absolute Gasteiger partial charge is 0.207 e. The van der Waals surface area contributed by atoms with Crippen LogP contribution in [0.25, 0.3) is 0 Å². The number of nitrogens with one attached hydrogen (secondary N) is 2. The van der Waals surface area contributed by atoms with Gasteiger partial charge in [0.15, 0.2) is 0 Å². The van der Waals surface area contributed by atoms with E-state index in [-0.39, 0.29) is 9.79 Å². The molecule has 0 amide bonds. The fourth-order valence-corrected chi connectivity index (χ4v) is 5.96. The van der Waals surface area contributed by atoms with Crippen LogP contribution in [0.2, 0.25) is 0 Å². The van der Waals surface area contributed by atoms with Crippen LogP contribution in [0.5, 0.6) is 0 Å². The number of hydrogen-bond donors (Lipinski definition) is 2. The molecule has 0 aliphatic rings. The van der Waals surface area contributed by atoms with Gasteiger partial charge in [0, 0.05) is 6.04 Å². The first-order chi connectivity index (χ1) is 15.1. The molecular weight excluding hydrogens is 444 g/mol. The molecule has 6 nitrogen and oxygen atoms in total. The second-order valence-corrected chi connectivity index (χ2v) is 11.2. The molecular formula is C24H28N2O4S2. The Bertz CT molecular complexity index is 1240. The van der Waals surface area contributed by atoms with Gasteiger partial charge in [-0.25, -0.2) is 26.3 Å². The Morgan fingerprint density at radius 2 is 1.09 bits per heavy atom. The summed E-state index contributed by atoms with van der Waals surface area (Å²) < 4.78 is 57.8. The molecule has 0 unspecified atom stereocenters. The van der Waals surface area contributed by atoms with E-state index in [9.17, 15) is 16.8 Å². The van der Waals surface area contributed by atoms with Gasteiger partial charge in [-0.2, -0.15) is 0 Å². The van der Waals surface area contributed by atoms with Gasteiger partial charge in [0.1, 0.15) is 0 Å². The molecule has 0 radical (unpaired) electrons. The molecule has 0 heterocycles. The van der Waals surface area contributed by atoms with E-state index in [0.29, 0.717) is 12.0 Å². The van der Waals surface area contributed by atoms with E-state index < -0.39 is 32.1 Å². The standard InChI is InChI=1S/C24H28N2O4S2/c1-4-23(25-31(27,28)21-14-10-18(2)11-15-21)24(20-8-6-5-7-9-20)26-32(29,30)22-16-12-19(3)13-17-22/h5-17,23-26H,4H2,1-3H3/t23-,24+/m0/s1. The number of aryl methyl sites for hydroxylation is 2. The Morgan fingerprint density at radius 1 is 0.656 bits per heavy atom. The van der Waals surface area contributed by atoms with Crippen LogP contribution in [0.3, 0.4) is 0 Å². The van der Waals surface area contributed by atoms with Crippen LogP contribution in [0.1, 0.15) is 36.1 Å². The highest BCUT2D eigenvalue weighted by Crippen LogP contribution is 2.24. The average molecular weight is 473 g/mol. The fourth-order valence-electron chi connectivity index (χ4n) is 3.37. The molecule has 32 heavy (non-hydrogen) atoms. The second kappa shape index (κ2) is 9.95. The first-order valence-electron chi connectivity index (χ1n) is 10.4. The molecule has 3 aromatic rings. The Labute approximate surface area is 190 Å². The summed E-state index contributed by atoms with van der Waals surface area (Å²) in [5.74, 6) is 0. The maximum absolute atomic E-state index is 13.1. The van der Waals surface area contributed by atoms with Crippen molar-refractivity contribution in [2.75, 3.05) is 0 Å². The highest BCUT2D eigenvalue weighted by molar-refractivity contribution is 7.90. The van der Waals surface area contributed by atoms with Crippen LogP contribution in [0, 0.1) is 13.8 Å². The number of benzene rings is 3. The van der Waals surface area contributed by atoms with E-state index >= 15 is 0 Å². The number of sulfonamides is 2. The van der Waals surface area contributed by atoms with Crippen molar-refractivity contribution in [2.24, 2.45) is 0 Å². The third kappa shape index (κ3) is 5.83. The number of rotatable bonds is 9. The Kier molecular flexibility index (Phi) is 7.51. The lowest BCUT2D eigenvalue weighted by atomic mass is 9.99. The summed E-state index contributed by atoms with van der Waals surface area (Å²) in [6.45, 7) is 5.58.